The van der Waals surface area contributed by atoms with E-state index in [1.54, 1.807) is 0 Å². The molecule has 0 bridgehead atoms. The van der Waals surface area contributed by atoms with Crippen molar-refractivity contribution in [2.75, 3.05) is 24.5 Å². The minimum Gasteiger partial charge on any atom is -0.372 e. The van der Waals surface area contributed by atoms with Gasteiger partial charge in [-0.1, -0.05) is 19.1 Å². The summed E-state index contributed by atoms with van der Waals surface area (Å²) in [5, 5.41) is 3.57. The number of hydrogen-bond acceptors (Lipinski definition) is 2. The van der Waals surface area contributed by atoms with E-state index < -0.39 is 0 Å². The minimum atomic E-state index is 0.939. The number of hydrogen-bond donors (Lipinski definition) is 1. The van der Waals surface area contributed by atoms with Crippen molar-refractivity contribution in [2.24, 2.45) is 11.8 Å². The Labute approximate surface area is 110 Å². The molecule has 2 unspecified atom stereocenters. The van der Waals surface area contributed by atoms with Crippen LogP contribution in [0.2, 0.25) is 0 Å². The van der Waals surface area contributed by atoms with Crippen LogP contribution in [0.3, 0.4) is 0 Å². The molecule has 2 nitrogen and oxygen atoms in total. The maximum absolute atomic E-state index is 3.57. The summed E-state index contributed by atoms with van der Waals surface area (Å²) in [5.41, 5.74) is 2.80. The van der Waals surface area contributed by atoms with Crippen molar-refractivity contribution in [3.63, 3.8) is 0 Å². The van der Waals surface area contributed by atoms with Crippen LogP contribution in [0.5, 0.6) is 0 Å². The molecule has 1 aromatic carbocycles. The first kappa shape index (κ1) is 12.0. The molecule has 1 saturated carbocycles. The molecular weight excluding hydrogens is 220 g/mol. The van der Waals surface area contributed by atoms with E-state index in [9.17, 15) is 0 Å². The van der Waals surface area contributed by atoms with E-state index in [-0.39, 0.29) is 0 Å². The Hall–Kier alpha value is -1.02. The fraction of sp³-hybridized carbons (Fsp3) is 0.625. The van der Waals surface area contributed by atoms with Crippen molar-refractivity contribution in [1.82, 2.24) is 5.32 Å². The second kappa shape index (κ2) is 5.31. The Balaban J connectivity index is 1.47. The van der Waals surface area contributed by atoms with Crippen molar-refractivity contribution in [3.05, 3.63) is 29.8 Å². The van der Waals surface area contributed by atoms with E-state index >= 15 is 0 Å². The summed E-state index contributed by atoms with van der Waals surface area (Å²) in [6.07, 6.45) is 4.12. The van der Waals surface area contributed by atoms with Gasteiger partial charge in [0.25, 0.3) is 0 Å². The highest BCUT2D eigenvalue weighted by Crippen LogP contribution is 2.36. The van der Waals surface area contributed by atoms with Gasteiger partial charge in [0, 0.05) is 25.3 Å². The first-order valence-electron chi connectivity index (χ1n) is 7.37. The third-order valence-corrected chi connectivity index (χ3v) is 4.42. The van der Waals surface area contributed by atoms with Crippen molar-refractivity contribution >= 4 is 5.69 Å². The van der Waals surface area contributed by atoms with E-state index in [0.29, 0.717) is 0 Å². The summed E-state index contributed by atoms with van der Waals surface area (Å²) in [4.78, 5) is 2.49. The predicted octanol–water partition coefficient (Wildman–Crippen LogP) is 3.03. The average Bonchev–Trinajstić information content (AvgIpc) is 2.90. The molecule has 2 atom stereocenters. The lowest BCUT2D eigenvalue weighted by atomic mass is 10.2. The highest BCUT2D eigenvalue weighted by atomic mass is 15.1. The van der Waals surface area contributed by atoms with Crippen molar-refractivity contribution < 1.29 is 0 Å². The maximum Gasteiger partial charge on any atom is 0.0366 e. The lowest BCUT2D eigenvalue weighted by Crippen LogP contribution is -2.18. The lowest BCUT2D eigenvalue weighted by molar-refractivity contribution is 0.612. The highest BCUT2D eigenvalue weighted by Gasteiger charge is 2.31. The Morgan fingerprint density at radius 3 is 2.44 bits per heavy atom. The molecule has 0 amide bonds. The SMILES string of the molecule is CC1CC1CNCc1ccc(N2CCCC2)cc1. The molecule has 1 N–H and O–H groups in total. The molecule has 0 aromatic heterocycles. The highest BCUT2D eigenvalue weighted by molar-refractivity contribution is 5.48. The van der Waals surface area contributed by atoms with Crippen LogP contribution in [0.4, 0.5) is 5.69 Å². The topological polar surface area (TPSA) is 15.3 Å². The van der Waals surface area contributed by atoms with Gasteiger partial charge in [-0.2, -0.15) is 0 Å². The Morgan fingerprint density at radius 2 is 1.83 bits per heavy atom. The predicted molar refractivity (Wildman–Crippen MR) is 76.9 cm³/mol. The second-order valence-electron chi connectivity index (χ2n) is 5.96. The quantitative estimate of drug-likeness (QED) is 0.856. The smallest absolute Gasteiger partial charge is 0.0366 e. The minimum absolute atomic E-state index is 0.939. The van der Waals surface area contributed by atoms with Crippen LogP contribution in [0.25, 0.3) is 0 Å². The molecule has 2 aliphatic rings. The number of rotatable bonds is 5. The van der Waals surface area contributed by atoms with Crippen LogP contribution in [0, 0.1) is 11.8 Å². The van der Waals surface area contributed by atoms with E-state index in [2.05, 4.69) is 41.4 Å². The van der Waals surface area contributed by atoms with E-state index in [0.717, 1.165) is 18.4 Å². The molecule has 1 aromatic rings. The molecule has 3 rings (SSSR count). The third-order valence-electron chi connectivity index (χ3n) is 4.42. The summed E-state index contributed by atoms with van der Waals surface area (Å²) < 4.78 is 0. The zero-order valence-electron chi connectivity index (χ0n) is 11.4. The Kier molecular flexibility index (Phi) is 3.55. The van der Waals surface area contributed by atoms with Gasteiger partial charge in [0.05, 0.1) is 0 Å². The fourth-order valence-electron chi connectivity index (χ4n) is 2.89. The van der Waals surface area contributed by atoms with Crippen LogP contribution < -0.4 is 10.2 Å². The van der Waals surface area contributed by atoms with Gasteiger partial charge in [0.2, 0.25) is 0 Å². The summed E-state index contributed by atoms with van der Waals surface area (Å²) in [7, 11) is 0. The lowest BCUT2D eigenvalue weighted by Gasteiger charge is -2.17. The van der Waals surface area contributed by atoms with Crippen molar-refractivity contribution in [1.29, 1.82) is 0 Å². The molecule has 1 heterocycles. The molecule has 1 saturated heterocycles. The first-order valence-corrected chi connectivity index (χ1v) is 7.37. The van der Waals surface area contributed by atoms with Gasteiger partial charge in [-0.3, -0.25) is 0 Å². The molecule has 1 aliphatic carbocycles. The molecule has 18 heavy (non-hydrogen) atoms. The van der Waals surface area contributed by atoms with Gasteiger partial charge >= 0.3 is 0 Å². The number of nitrogens with zero attached hydrogens (tertiary/aromatic N) is 1. The van der Waals surface area contributed by atoms with Gasteiger partial charge in [-0.25, -0.2) is 0 Å². The van der Waals surface area contributed by atoms with Crippen molar-refractivity contribution in [2.45, 2.75) is 32.7 Å². The van der Waals surface area contributed by atoms with Crippen LogP contribution in [0.15, 0.2) is 24.3 Å². The molecule has 98 valence electrons. The largest absolute Gasteiger partial charge is 0.372 e. The summed E-state index contributed by atoms with van der Waals surface area (Å²) >= 11 is 0. The van der Waals surface area contributed by atoms with Crippen LogP contribution in [0.1, 0.15) is 31.7 Å². The van der Waals surface area contributed by atoms with Gasteiger partial charge < -0.3 is 10.2 Å². The van der Waals surface area contributed by atoms with E-state index in [1.807, 2.05) is 0 Å². The molecule has 2 fully saturated rings. The summed E-state index contributed by atoms with van der Waals surface area (Å²) in [6, 6.07) is 9.11. The fourth-order valence-corrected chi connectivity index (χ4v) is 2.89. The van der Waals surface area contributed by atoms with E-state index in [1.165, 1.54) is 50.1 Å². The van der Waals surface area contributed by atoms with Gasteiger partial charge in [-0.05, 0) is 55.3 Å². The van der Waals surface area contributed by atoms with Gasteiger partial charge in [0.1, 0.15) is 0 Å². The average molecular weight is 244 g/mol. The Morgan fingerprint density at radius 1 is 1.17 bits per heavy atom. The first-order chi connectivity index (χ1) is 8.83. The molecule has 0 radical (unpaired) electrons. The number of benzene rings is 1. The van der Waals surface area contributed by atoms with E-state index in [4.69, 9.17) is 0 Å². The molecule has 0 spiro atoms. The maximum atomic E-state index is 3.57. The normalized spacial score (nSPS) is 26.6. The Bertz CT molecular complexity index is 379. The number of nitrogens with one attached hydrogen (secondary N) is 1. The van der Waals surface area contributed by atoms with Gasteiger partial charge in [-0.15, -0.1) is 0 Å². The third kappa shape index (κ3) is 2.86. The van der Waals surface area contributed by atoms with Crippen LogP contribution in [-0.2, 0) is 6.54 Å². The van der Waals surface area contributed by atoms with Crippen LogP contribution >= 0.6 is 0 Å². The molecule has 2 heteroatoms. The van der Waals surface area contributed by atoms with Gasteiger partial charge in [0.15, 0.2) is 0 Å². The second-order valence-corrected chi connectivity index (χ2v) is 5.96. The standard InChI is InChI=1S/C16H24N2/c1-13-10-15(13)12-17-11-14-4-6-16(7-5-14)18-8-2-3-9-18/h4-7,13,15,17H,2-3,8-12H2,1H3. The zero-order chi connectivity index (χ0) is 12.4. The molecule has 1 aliphatic heterocycles. The zero-order valence-corrected chi connectivity index (χ0v) is 11.4. The number of anilines is 1. The van der Waals surface area contributed by atoms with Crippen molar-refractivity contribution in [3.8, 4) is 0 Å². The monoisotopic (exact) mass is 244 g/mol. The summed E-state index contributed by atoms with van der Waals surface area (Å²) in [5.74, 6) is 1.89. The van der Waals surface area contributed by atoms with Crippen LogP contribution in [-0.4, -0.2) is 19.6 Å². The molecular formula is C16H24N2. The summed E-state index contributed by atoms with van der Waals surface area (Å²) in [6.45, 7) is 7.02.